The molecule has 1 aromatic carbocycles. The molecule has 68 valence electrons. The predicted octanol–water partition coefficient (Wildman–Crippen LogP) is 1.45. The van der Waals surface area contributed by atoms with Crippen LogP contribution in [0.4, 0.5) is 4.39 Å². The number of carbonyl (C=O) groups is 1. The summed E-state index contributed by atoms with van der Waals surface area (Å²) < 4.78 is 12.8. The third-order valence-electron chi connectivity index (χ3n) is 2.47. The van der Waals surface area contributed by atoms with Gasteiger partial charge in [-0.2, -0.15) is 0 Å². The highest BCUT2D eigenvalue weighted by Gasteiger charge is 2.28. The summed E-state index contributed by atoms with van der Waals surface area (Å²) in [7, 11) is 0. The van der Waals surface area contributed by atoms with Crippen LogP contribution in [0.15, 0.2) is 18.2 Å². The van der Waals surface area contributed by atoms with Crippen molar-refractivity contribution in [3.63, 3.8) is 0 Å². The Morgan fingerprint density at radius 1 is 1.54 bits per heavy atom. The van der Waals surface area contributed by atoms with Crippen LogP contribution in [0, 0.1) is 5.82 Å². The highest BCUT2D eigenvalue weighted by atomic mass is 19.1. The first-order valence-corrected chi connectivity index (χ1v) is 4.25. The van der Waals surface area contributed by atoms with Crippen LogP contribution in [-0.2, 0) is 0 Å². The van der Waals surface area contributed by atoms with Crippen molar-refractivity contribution in [3.05, 3.63) is 35.1 Å². The summed E-state index contributed by atoms with van der Waals surface area (Å²) in [5.41, 5.74) is 6.89. The van der Waals surface area contributed by atoms with Crippen molar-refractivity contribution in [2.45, 2.75) is 12.3 Å². The van der Waals surface area contributed by atoms with Gasteiger partial charge in [-0.25, -0.2) is 4.39 Å². The molecule has 0 saturated heterocycles. The second kappa shape index (κ2) is 2.92. The summed E-state index contributed by atoms with van der Waals surface area (Å²) in [4.78, 5) is 11.4. The minimum Gasteiger partial charge on any atom is -0.330 e. The van der Waals surface area contributed by atoms with Crippen LogP contribution in [0.5, 0.6) is 0 Å². The number of Topliss-reactive ketones (excluding diaryl/α,β-unsaturated/α-hetero) is 1. The lowest BCUT2D eigenvalue weighted by Gasteiger charge is -2.05. The second-order valence-corrected chi connectivity index (χ2v) is 3.29. The maximum absolute atomic E-state index is 12.8. The third kappa shape index (κ3) is 1.25. The highest BCUT2D eigenvalue weighted by Crippen LogP contribution is 2.32. The Hall–Kier alpha value is -1.22. The van der Waals surface area contributed by atoms with Gasteiger partial charge in [-0.15, -0.1) is 0 Å². The van der Waals surface area contributed by atoms with Crippen molar-refractivity contribution in [1.82, 2.24) is 0 Å². The minimum absolute atomic E-state index is 0.0122. The van der Waals surface area contributed by atoms with Gasteiger partial charge in [-0.3, -0.25) is 4.79 Å². The van der Waals surface area contributed by atoms with Gasteiger partial charge in [0.15, 0.2) is 5.78 Å². The summed E-state index contributed by atoms with van der Waals surface area (Å²) in [6, 6.07) is 4.27. The molecule has 2 nitrogen and oxygen atoms in total. The van der Waals surface area contributed by atoms with Crippen LogP contribution in [0.3, 0.4) is 0 Å². The maximum Gasteiger partial charge on any atom is 0.163 e. The van der Waals surface area contributed by atoms with Crippen LogP contribution in [0.2, 0.25) is 0 Å². The Balaban J connectivity index is 2.52. The molecule has 0 amide bonds. The number of rotatable bonds is 1. The summed E-state index contributed by atoms with van der Waals surface area (Å²) >= 11 is 0. The van der Waals surface area contributed by atoms with Gasteiger partial charge >= 0.3 is 0 Å². The van der Waals surface area contributed by atoms with Crippen LogP contribution in [-0.4, -0.2) is 12.3 Å². The van der Waals surface area contributed by atoms with Crippen molar-refractivity contribution in [2.75, 3.05) is 6.54 Å². The molecule has 0 saturated carbocycles. The fourth-order valence-corrected chi connectivity index (χ4v) is 1.78. The van der Waals surface area contributed by atoms with E-state index in [2.05, 4.69) is 0 Å². The molecule has 2 N–H and O–H groups in total. The predicted molar refractivity (Wildman–Crippen MR) is 47.1 cm³/mol. The summed E-state index contributed by atoms with van der Waals surface area (Å²) in [5, 5.41) is 0. The Morgan fingerprint density at radius 3 is 3.00 bits per heavy atom. The normalized spacial score (nSPS) is 20.5. The SMILES string of the molecule is NCC1CC(=O)c2ccc(F)cc21. The monoisotopic (exact) mass is 179 g/mol. The van der Waals surface area contributed by atoms with Gasteiger partial charge in [0.2, 0.25) is 0 Å². The average Bonchev–Trinajstić information content (AvgIpc) is 2.42. The van der Waals surface area contributed by atoms with Gasteiger partial charge in [0.1, 0.15) is 5.82 Å². The van der Waals surface area contributed by atoms with Gasteiger partial charge in [-0.1, -0.05) is 0 Å². The molecule has 0 radical (unpaired) electrons. The number of halogens is 1. The molecule has 0 heterocycles. The zero-order valence-electron chi connectivity index (χ0n) is 7.09. The van der Waals surface area contributed by atoms with E-state index in [4.69, 9.17) is 5.73 Å². The number of fused-ring (bicyclic) bond motifs is 1. The molecular weight excluding hydrogens is 169 g/mol. The molecule has 1 unspecified atom stereocenters. The molecule has 13 heavy (non-hydrogen) atoms. The van der Waals surface area contributed by atoms with Crippen molar-refractivity contribution >= 4 is 5.78 Å². The quantitative estimate of drug-likeness (QED) is 0.709. The highest BCUT2D eigenvalue weighted by molar-refractivity contribution is 6.01. The first kappa shape index (κ1) is 8.38. The Labute approximate surface area is 75.6 Å². The molecule has 0 aromatic heterocycles. The fraction of sp³-hybridized carbons (Fsp3) is 0.300. The first-order valence-electron chi connectivity index (χ1n) is 4.25. The Morgan fingerprint density at radius 2 is 2.31 bits per heavy atom. The topological polar surface area (TPSA) is 43.1 Å². The molecule has 0 bridgehead atoms. The van der Waals surface area contributed by atoms with E-state index in [-0.39, 0.29) is 17.5 Å². The Bertz CT molecular complexity index is 362. The van der Waals surface area contributed by atoms with Gasteiger partial charge in [0.05, 0.1) is 0 Å². The van der Waals surface area contributed by atoms with E-state index in [0.29, 0.717) is 18.5 Å². The molecule has 1 aliphatic carbocycles. The van der Waals surface area contributed by atoms with Crippen LogP contribution in [0.25, 0.3) is 0 Å². The maximum atomic E-state index is 12.8. The zero-order chi connectivity index (χ0) is 9.42. The lowest BCUT2D eigenvalue weighted by molar-refractivity contribution is 0.0989. The first-order chi connectivity index (χ1) is 6.22. The van der Waals surface area contributed by atoms with Crippen molar-refractivity contribution in [1.29, 1.82) is 0 Å². The third-order valence-corrected chi connectivity index (χ3v) is 2.47. The van der Waals surface area contributed by atoms with E-state index in [1.54, 1.807) is 6.07 Å². The standard InChI is InChI=1S/C10H10FNO/c11-7-1-2-8-9(4-7)6(5-12)3-10(8)13/h1-2,4,6H,3,5,12H2. The smallest absolute Gasteiger partial charge is 0.163 e. The molecular formula is C10H10FNO. The van der Waals surface area contributed by atoms with E-state index >= 15 is 0 Å². The van der Waals surface area contributed by atoms with E-state index in [0.717, 1.165) is 5.56 Å². The van der Waals surface area contributed by atoms with Crippen molar-refractivity contribution < 1.29 is 9.18 Å². The number of hydrogen-bond donors (Lipinski definition) is 1. The fourth-order valence-electron chi connectivity index (χ4n) is 1.78. The van der Waals surface area contributed by atoms with Gasteiger partial charge < -0.3 is 5.73 Å². The van der Waals surface area contributed by atoms with Crippen molar-refractivity contribution in [3.8, 4) is 0 Å². The second-order valence-electron chi connectivity index (χ2n) is 3.29. The Kier molecular flexibility index (Phi) is 1.88. The zero-order valence-corrected chi connectivity index (χ0v) is 7.09. The minimum atomic E-state index is -0.299. The lowest BCUT2D eigenvalue weighted by Crippen LogP contribution is -2.09. The van der Waals surface area contributed by atoms with Crippen LogP contribution in [0.1, 0.15) is 28.3 Å². The number of benzene rings is 1. The average molecular weight is 179 g/mol. The summed E-state index contributed by atoms with van der Waals surface area (Å²) in [6.07, 6.45) is 0.426. The summed E-state index contributed by atoms with van der Waals surface area (Å²) in [6.45, 7) is 0.405. The van der Waals surface area contributed by atoms with Crippen LogP contribution < -0.4 is 5.73 Å². The van der Waals surface area contributed by atoms with Gasteiger partial charge in [0.25, 0.3) is 0 Å². The molecule has 0 spiro atoms. The number of ketones is 1. The number of hydrogen-bond acceptors (Lipinski definition) is 2. The lowest BCUT2D eigenvalue weighted by atomic mass is 10.0. The van der Waals surface area contributed by atoms with E-state index < -0.39 is 0 Å². The number of carbonyl (C=O) groups excluding carboxylic acids is 1. The van der Waals surface area contributed by atoms with E-state index in [1.165, 1.54) is 12.1 Å². The van der Waals surface area contributed by atoms with E-state index in [9.17, 15) is 9.18 Å². The molecule has 0 aliphatic heterocycles. The molecule has 0 fully saturated rings. The van der Waals surface area contributed by atoms with Crippen molar-refractivity contribution in [2.24, 2.45) is 5.73 Å². The van der Waals surface area contributed by atoms with E-state index in [1.807, 2.05) is 0 Å². The molecule has 1 aliphatic rings. The van der Waals surface area contributed by atoms with Crippen LogP contribution >= 0.6 is 0 Å². The molecule has 1 atom stereocenters. The number of nitrogens with two attached hydrogens (primary N) is 1. The summed E-state index contributed by atoms with van der Waals surface area (Å²) in [5.74, 6) is -0.212. The molecule has 2 rings (SSSR count). The van der Waals surface area contributed by atoms with Gasteiger partial charge in [-0.05, 0) is 30.3 Å². The molecule has 1 aromatic rings. The molecule has 3 heteroatoms. The van der Waals surface area contributed by atoms with Gasteiger partial charge in [0, 0.05) is 17.9 Å². The largest absolute Gasteiger partial charge is 0.330 e.